The van der Waals surface area contributed by atoms with E-state index in [-0.39, 0.29) is 5.91 Å². The van der Waals surface area contributed by atoms with Crippen molar-refractivity contribution in [3.63, 3.8) is 0 Å². The van der Waals surface area contributed by atoms with Crippen LogP contribution in [0.1, 0.15) is 11.3 Å². The van der Waals surface area contributed by atoms with Crippen molar-refractivity contribution in [3.8, 4) is 0 Å². The molecule has 0 saturated carbocycles. The Hall–Kier alpha value is -2.43. The molecule has 1 aliphatic rings. The van der Waals surface area contributed by atoms with E-state index in [0.717, 1.165) is 28.6 Å². The summed E-state index contributed by atoms with van der Waals surface area (Å²) >= 11 is 0. The first-order valence-corrected chi connectivity index (χ1v) is 7.50. The average molecular weight is 297 g/mol. The van der Waals surface area contributed by atoms with Crippen molar-refractivity contribution >= 4 is 23.2 Å². The molecule has 1 saturated heterocycles. The molecular formula is C17H19N3O2. The number of aromatic nitrogens is 1. The fourth-order valence-corrected chi connectivity index (χ4v) is 2.77. The number of benzene rings is 1. The summed E-state index contributed by atoms with van der Waals surface area (Å²) in [7, 11) is 0. The Morgan fingerprint density at radius 3 is 2.68 bits per heavy atom. The lowest BCUT2D eigenvalue weighted by Crippen LogP contribution is -2.48. The van der Waals surface area contributed by atoms with E-state index in [9.17, 15) is 9.59 Å². The van der Waals surface area contributed by atoms with E-state index in [1.165, 1.54) is 0 Å². The van der Waals surface area contributed by atoms with Gasteiger partial charge in [0.25, 0.3) is 0 Å². The molecule has 0 spiro atoms. The van der Waals surface area contributed by atoms with Gasteiger partial charge in [-0.25, -0.2) is 0 Å². The van der Waals surface area contributed by atoms with Gasteiger partial charge in [0.2, 0.25) is 12.3 Å². The zero-order chi connectivity index (χ0) is 15.5. The van der Waals surface area contributed by atoms with Gasteiger partial charge in [-0.05, 0) is 24.6 Å². The molecular weight excluding hydrogens is 278 g/mol. The third kappa shape index (κ3) is 2.93. The summed E-state index contributed by atoms with van der Waals surface area (Å²) in [4.78, 5) is 31.3. The normalized spacial score (nSPS) is 15.1. The number of aryl methyl sites for hydroxylation is 1. The predicted molar refractivity (Wildman–Crippen MR) is 84.4 cm³/mol. The molecule has 0 N–H and O–H groups in total. The number of carbonyl (C=O) groups is 2. The second kappa shape index (κ2) is 6.13. The van der Waals surface area contributed by atoms with Crippen molar-refractivity contribution in [1.29, 1.82) is 0 Å². The van der Waals surface area contributed by atoms with Crippen LogP contribution in [-0.2, 0) is 16.0 Å². The fourth-order valence-electron chi connectivity index (χ4n) is 2.77. The van der Waals surface area contributed by atoms with E-state index in [4.69, 9.17) is 0 Å². The molecule has 3 rings (SSSR count). The van der Waals surface area contributed by atoms with E-state index < -0.39 is 0 Å². The van der Waals surface area contributed by atoms with Crippen LogP contribution in [0, 0.1) is 6.92 Å². The molecule has 2 heterocycles. The van der Waals surface area contributed by atoms with E-state index in [2.05, 4.69) is 11.1 Å². The molecule has 1 aromatic heterocycles. The number of fused-ring (bicyclic) bond motifs is 1. The highest BCUT2D eigenvalue weighted by Crippen LogP contribution is 2.17. The van der Waals surface area contributed by atoms with Crippen LogP contribution in [0.3, 0.4) is 0 Å². The highest BCUT2D eigenvalue weighted by atomic mass is 16.2. The summed E-state index contributed by atoms with van der Waals surface area (Å²) in [5.41, 5.74) is 2.79. The molecule has 5 heteroatoms. The summed E-state index contributed by atoms with van der Waals surface area (Å²) in [5, 5.41) is 1.09. The third-order valence-corrected chi connectivity index (χ3v) is 4.15. The van der Waals surface area contributed by atoms with Crippen molar-refractivity contribution in [1.82, 2.24) is 14.8 Å². The van der Waals surface area contributed by atoms with Crippen molar-refractivity contribution in [2.24, 2.45) is 0 Å². The van der Waals surface area contributed by atoms with Crippen molar-refractivity contribution in [3.05, 3.63) is 41.6 Å². The average Bonchev–Trinajstić information content (AvgIpc) is 2.55. The topological polar surface area (TPSA) is 53.5 Å². The lowest BCUT2D eigenvalue weighted by atomic mass is 10.1. The predicted octanol–water partition coefficient (Wildman–Crippen LogP) is 1.39. The van der Waals surface area contributed by atoms with Gasteiger partial charge in [-0.1, -0.05) is 18.2 Å². The summed E-state index contributed by atoms with van der Waals surface area (Å²) in [6, 6.07) is 10.0. The number of pyridine rings is 1. The summed E-state index contributed by atoms with van der Waals surface area (Å²) < 4.78 is 0. The Morgan fingerprint density at radius 2 is 1.95 bits per heavy atom. The second-order valence-corrected chi connectivity index (χ2v) is 5.64. The maximum Gasteiger partial charge on any atom is 0.228 e. The molecule has 0 bridgehead atoms. The monoisotopic (exact) mass is 297 g/mol. The lowest BCUT2D eigenvalue weighted by Gasteiger charge is -2.32. The fraction of sp³-hybridized carbons (Fsp3) is 0.353. The standard InChI is InChI=1S/C17H19N3O2/c1-13-10-14-4-2-3-5-15(14)18-16(13)11-17(22)20-8-6-19(12-21)7-9-20/h2-5,10,12H,6-9,11H2,1H3. The van der Waals surface area contributed by atoms with Crippen LogP contribution in [-0.4, -0.2) is 53.3 Å². The minimum absolute atomic E-state index is 0.0800. The molecule has 0 aliphatic carbocycles. The van der Waals surface area contributed by atoms with Gasteiger partial charge in [0.1, 0.15) is 0 Å². The maximum atomic E-state index is 12.4. The minimum Gasteiger partial charge on any atom is -0.342 e. The van der Waals surface area contributed by atoms with Crippen LogP contribution in [0.15, 0.2) is 30.3 Å². The molecule has 1 aliphatic heterocycles. The van der Waals surface area contributed by atoms with E-state index in [1.54, 1.807) is 4.90 Å². The van der Waals surface area contributed by atoms with Crippen molar-refractivity contribution < 1.29 is 9.59 Å². The zero-order valence-electron chi connectivity index (χ0n) is 12.7. The number of amides is 2. The van der Waals surface area contributed by atoms with Gasteiger partial charge in [0.15, 0.2) is 0 Å². The quantitative estimate of drug-likeness (QED) is 0.804. The molecule has 2 aromatic rings. The van der Waals surface area contributed by atoms with Crippen LogP contribution in [0.25, 0.3) is 10.9 Å². The first-order chi connectivity index (χ1) is 10.7. The maximum absolute atomic E-state index is 12.4. The Kier molecular flexibility index (Phi) is 4.04. The molecule has 22 heavy (non-hydrogen) atoms. The molecule has 0 atom stereocenters. The number of nitrogens with zero attached hydrogens (tertiary/aromatic N) is 3. The van der Waals surface area contributed by atoms with Crippen LogP contribution in [0.2, 0.25) is 0 Å². The van der Waals surface area contributed by atoms with Gasteiger partial charge in [0.05, 0.1) is 17.6 Å². The van der Waals surface area contributed by atoms with E-state index >= 15 is 0 Å². The molecule has 1 fully saturated rings. The van der Waals surface area contributed by atoms with Gasteiger partial charge >= 0.3 is 0 Å². The van der Waals surface area contributed by atoms with Crippen LogP contribution >= 0.6 is 0 Å². The number of carbonyl (C=O) groups excluding carboxylic acids is 2. The molecule has 114 valence electrons. The minimum atomic E-state index is 0.0800. The highest BCUT2D eigenvalue weighted by Gasteiger charge is 2.21. The number of para-hydroxylation sites is 1. The Morgan fingerprint density at radius 1 is 1.23 bits per heavy atom. The second-order valence-electron chi connectivity index (χ2n) is 5.64. The number of hydrogen-bond acceptors (Lipinski definition) is 3. The van der Waals surface area contributed by atoms with Gasteiger partial charge in [0, 0.05) is 31.6 Å². The Bertz CT molecular complexity index is 706. The van der Waals surface area contributed by atoms with Crippen molar-refractivity contribution in [2.45, 2.75) is 13.3 Å². The molecule has 1 aromatic carbocycles. The van der Waals surface area contributed by atoms with Gasteiger partial charge in [-0.2, -0.15) is 0 Å². The van der Waals surface area contributed by atoms with Crippen molar-refractivity contribution in [2.75, 3.05) is 26.2 Å². The van der Waals surface area contributed by atoms with Gasteiger partial charge in [-0.15, -0.1) is 0 Å². The first kappa shape index (κ1) is 14.5. The van der Waals surface area contributed by atoms with Gasteiger partial charge in [-0.3, -0.25) is 14.6 Å². The third-order valence-electron chi connectivity index (χ3n) is 4.15. The first-order valence-electron chi connectivity index (χ1n) is 7.50. The number of piperazine rings is 1. The lowest BCUT2D eigenvalue weighted by molar-refractivity contribution is -0.134. The van der Waals surface area contributed by atoms with Gasteiger partial charge < -0.3 is 9.80 Å². The van der Waals surface area contributed by atoms with E-state index in [0.29, 0.717) is 32.6 Å². The van der Waals surface area contributed by atoms with Crippen LogP contribution in [0.5, 0.6) is 0 Å². The summed E-state index contributed by atoms with van der Waals surface area (Å²) in [6.45, 7) is 4.42. The summed E-state index contributed by atoms with van der Waals surface area (Å²) in [6.07, 6.45) is 1.16. The summed E-state index contributed by atoms with van der Waals surface area (Å²) in [5.74, 6) is 0.0800. The molecule has 0 radical (unpaired) electrons. The Balaban J connectivity index is 1.74. The number of hydrogen-bond donors (Lipinski definition) is 0. The molecule has 0 unspecified atom stereocenters. The Labute approximate surface area is 129 Å². The smallest absolute Gasteiger partial charge is 0.228 e. The van der Waals surface area contributed by atoms with Crippen LogP contribution < -0.4 is 0 Å². The van der Waals surface area contributed by atoms with E-state index in [1.807, 2.05) is 36.1 Å². The largest absolute Gasteiger partial charge is 0.342 e. The zero-order valence-corrected chi connectivity index (χ0v) is 12.7. The molecule has 5 nitrogen and oxygen atoms in total. The SMILES string of the molecule is Cc1cc2ccccc2nc1CC(=O)N1CCN(C=O)CC1. The molecule has 2 amide bonds. The number of rotatable bonds is 3. The highest BCUT2D eigenvalue weighted by molar-refractivity contribution is 5.82. The van der Waals surface area contributed by atoms with Crippen LogP contribution in [0.4, 0.5) is 0 Å².